The van der Waals surface area contributed by atoms with Crippen LogP contribution in [0.2, 0.25) is 0 Å². The van der Waals surface area contributed by atoms with Gasteiger partial charge in [-0.1, -0.05) is 0 Å². The number of nitrogens with zero attached hydrogens (tertiary/aromatic N) is 1. The predicted octanol–water partition coefficient (Wildman–Crippen LogP) is 1.55. The molecule has 0 aromatic rings. The van der Waals surface area contributed by atoms with Crippen molar-refractivity contribution >= 4 is 0 Å². The van der Waals surface area contributed by atoms with E-state index in [0.717, 1.165) is 38.6 Å². The molecule has 0 radical (unpaired) electrons. The van der Waals surface area contributed by atoms with Gasteiger partial charge in [0.2, 0.25) is 0 Å². The molecule has 80 valence electrons. The first-order valence-electron chi connectivity index (χ1n) is 5.51. The molecule has 0 aromatic carbocycles. The molecule has 3 heteroatoms. The molecule has 1 saturated carbocycles. The van der Waals surface area contributed by atoms with Crippen molar-refractivity contribution in [1.82, 2.24) is 5.32 Å². The zero-order valence-corrected chi connectivity index (χ0v) is 8.96. The molecule has 0 saturated heterocycles. The topological polar surface area (TPSA) is 45.0 Å². The van der Waals surface area contributed by atoms with Gasteiger partial charge in [-0.15, -0.1) is 0 Å². The molecule has 0 heterocycles. The summed E-state index contributed by atoms with van der Waals surface area (Å²) in [5.74, 6) is 0.976. The van der Waals surface area contributed by atoms with Gasteiger partial charge in [-0.25, -0.2) is 0 Å². The molecule has 14 heavy (non-hydrogen) atoms. The van der Waals surface area contributed by atoms with Crippen LogP contribution in [0.4, 0.5) is 0 Å². The second-order valence-electron chi connectivity index (χ2n) is 4.11. The SMILES string of the molecule is CC(C#N)CNCCCOCC1CC1. The highest BCUT2D eigenvalue weighted by Gasteiger charge is 2.20. The van der Waals surface area contributed by atoms with Crippen LogP contribution < -0.4 is 5.32 Å². The summed E-state index contributed by atoms with van der Waals surface area (Å²) in [5, 5.41) is 11.8. The van der Waals surface area contributed by atoms with Gasteiger partial charge in [0.15, 0.2) is 0 Å². The number of hydrogen-bond acceptors (Lipinski definition) is 3. The Kier molecular flexibility index (Phi) is 5.58. The lowest BCUT2D eigenvalue weighted by Gasteiger charge is -2.06. The average Bonchev–Trinajstić information content (AvgIpc) is 2.99. The fraction of sp³-hybridized carbons (Fsp3) is 0.909. The molecule has 1 N–H and O–H groups in total. The third-order valence-electron chi connectivity index (χ3n) is 2.36. The second kappa shape index (κ2) is 6.80. The molecule has 1 atom stereocenters. The maximum Gasteiger partial charge on any atom is 0.0666 e. The van der Waals surface area contributed by atoms with E-state index in [9.17, 15) is 0 Å². The molecule has 1 aliphatic carbocycles. The molecule has 3 nitrogen and oxygen atoms in total. The van der Waals surface area contributed by atoms with Gasteiger partial charge in [0.05, 0.1) is 12.0 Å². The first kappa shape index (κ1) is 11.5. The Balaban J connectivity index is 1.73. The van der Waals surface area contributed by atoms with E-state index in [2.05, 4.69) is 11.4 Å². The summed E-state index contributed by atoms with van der Waals surface area (Å²) >= 11 is 0. The number of hydrogen-bond donors (Lipinski definition) is 1. The molecule has 0 amide bonds. The maximum atomic E-state index is 8.53. The van der Waals surface area contributed by atoms with Gasteiger partial charge in [0, 0.05) is 19.8 Å². The highest BCUT2D eigenvalue weighted by atomic mass is 16.5. The second-order valence-corrected chi connectivity index (χ2v) is 4.11. The van der Waals surface area contributed by atoms with Gasteiger partial charge in [-0.3, -0.25) is 0 Å². The smallest absolute Gasteiger partial charge is 0.0666 e. The Labute approximate surface area is 86.4 Å². The van der Waals surface area contributed by atoms with Gasteiger partial charge in [0.25, 0.3) is 0 Å². The van der Waals surface area contributed by atoms with Crippen LogP contribution in [-0.2, 0) is 4.74 Å². The van der Waals surface area contributed by atoms with Crippen LogP contribution in [0.15, 0.2) is 0 Å². The fourth-order valence-electron chi connectivity index (χ4n) is 1.20. The van der Waals surface area contributed by atoms with Crippen LogP contribution >= 0.6 is 0 Å². The number of rotatable bonds is 8. The van der Waals surface area contributed by atoms with Crippen LogP contribution in [0.5, 0.6) is 0 Å². The number of nitrogens with one attached hydrogen (secondary N) is 1. The summed E-state index contributed by atoms with van der Waals surface area (Å²) in [6.45, 7) is 5.48. The Morgan fingerprint density at radius 1 is 1.57 bits per heavy atom. The van der Waals surface area contributed by atoms with E-state index < -0.39 is 0 Å². The van der Waals surface area contributed by atoms with E-state index in [4.69, 9.17) is 10.00 Å². The first-order chi connectivity index (χ1) is 6.83. The minimum absolute atomic E-state index is 0.113. The molecular weight excluding hydrogens is 176 g/mol. The number of ether oxygens (including phenoxy) is 1. The van der Waals surface area contributed by atoms with E-state index in [-0.39, 0.29) is 5.92 Å². The average molecular weight is 196 g/mol. The Morgan fingerprint density at radius 3 is 3.00 bits per heavy atom. The summed E-state index contributed by atoms with van der Waals surface area (Å²) in [6.07, 6.45) is 3.76. The maximum absolute atomic E-state index is 8.53. The zero-order valence-electron chi connectivity index (χ0n) is 8.96. The Morgan fingerprint density at radius 2 is 2.36 bits per heavy atom. The van der Waals surface area contributed by atoms with Crippen molar-refractivity contribution in [1.29, 1.82) is 5.26 Å². The third-order valence-corrected chi connectivity index (χ3v) is 2.36. The molecule has 0 spiro atoms. The van der Waals surface area contributed by atoms with Crippen molar-refractivity contribution in [3.8, 4) is 6.07 Å². The summed E-state index contributed by atoms with van der Waals surface area (Å²) in [4.78, 5) is 0. The third kappa shape index (κ3) is 5.95. The summed E-state index contributed by atoms with van der Waals surface area (Å²) in [7, 11) is 0. The lowest BCUT2D eigenvalue weighted by atomic mass is 10.2. The predicted molar refractivity (Wildman–Crippen MR) is 55.8 cm³/mol. The summed E-state index contributed by atoms with van der Waals surface area (Å²) in [5.41, 5.74) is 0. The van der Waals surface area contributed by atoms with Crippen molar-refractivity contribution in [3.05, 3.63) is 0 Å². The van der Waals surface area contributed by atoms with Crippen LogP contribution in [0.25, 0.3) is 0 Å². The van der Waals surface area contributed by atoms with Crippen LogP contribution in [0.3, 0.4) is 0 Å². The lowest BCUT2D eigenvalue weighted by molar-refractivity contribution is 0.122. The van der Waals surface area contributed by atoms with Crippen LogP contribution in [0.1, 0.15) is 26.2 Å². The first-order valence-corrected chi connectivity index (χ1v) is 5.51. The lowest BCUT2D eigenvalue weighted by Crippen LogP contribution is -2.22. The van der Waals surface area contributed by atoms with Gasteiger partial charge >= 0.3 is 0 Å². The van der Waals surface area contributed by atoms with E-state index in [1.54, 1.807) is 0 Å². The minimum atomic E-state index is 0.113. The highest BCUT2D eigenvalue weighted by molar-refractivity contribution is 4.79. The van der Waals surface area contributed by atoms with Crippen LogP contribution in [-0.4, -0.2) is 26.3 Å². The van der Waals surface area contributed by atoms with Crippen molar-refractivity contribution in [2.24, 2.45) is 11.8 Å². The van der Waals surface area contributed by atoms with E-state index in [1.165, 1.54) is 12.8 Å². The number of nitriles is 1. The minimum Gasteiger partial charge on any atom is -0.381 e. The van der Waals surface area contributed by atoms with Crippen molar-refractivity contribution in [2.45, 2.75) is 26.2 Å². The summed E-state index contributed by atoms with van der Waals surface area (Å²) in [6, 6.07) is 2.20. The molecule has 1 fully saturated rings. The zero-order chi connectivity index (χ0) is 10.2. The Hall–Kier alpha value is -0.590. The Bertz CT molecular complexity index is 184. The molecule has 1 aliphatic rings. The molecule has 1 unspecified atom stereocenters. The van der Waals surface area contributed by atoms with Gasteiger partial charge in [0.1, 0.15) is 0 Å². The summed E-state index contributed by atoms with van der Waals surface area (Å²) < 4.78 is 5.49. The van der Waals surface area contributed by atoms with Gasteiger partial charge in [-0.2, -0.15) is 5.26 Å². The molecule has 0 aliphatic heterocycles. The molecule has 1 rings (SSSR count). The van der Waals surface area contributed by atoms with Crippen molar-refractivity contribution < 1.29 is 4.74 Å². The molecular formula is C11H20N2O. The monoisotopic (exact) mass is 196 g/mol. The van der Waals surface area contributed by atoms with Crippen molar-refractivity contribution in [3.63, 3.8) is 0 Å². The van der Waals surface area contributed by atoms with E-state index in [0.29, 0.717) is 0 Å². The highest BCUT2D eigenvalue weighted by Crippen LogP contribution is 2.28. The molecule has 0 bridgehead atoms. The quantitative estimate of drug-likeness (QED) is 0.599. The molecule has 0 aromatic heterocycles. The van der Waals surface area contributed by atoms with Gasteiger partial charge < -0.3 is 10.1 Å². The van der Waals surface area contributed by atoms with E-state index >= 15 is 0 Å². The standard InChI is InChI=1S/C11H20N2O/c1-10(7-12)8-13-5-2-6-14-9-11-3-4-11/h10-11,13H,2-6,8-9H2,1H3. The normalized spacial score (nSPS) is 17.7. The van der Waals surface area contributed by atoms with E-state index in [1.807, 2.05) is 6.92 Å². The van der Waals surface area contributed by atoms with Crippen molar-refractivity contribution in [2.75, 3.05) is 26.3 Å². The van der Waals surface area contributed by atoms with Gasteiger partial charge in [-0.05, 0) is 38.6 Å². The largest absolute Gasteiger partial charge is 0.381 e. The fourth-order valence-corrected chi connectivity index (χ4v) is 1.20. The van der Waals surface area contributed by atoms with Crippen LogP contribution in [0, 0.1) is 23.2 Å².